The van der Waals surface area contributed by atoms with Crippen LogP contribution in [0.15, 0.2) is 60.8 Å². The Morgan fingerprint density at radius 3 is 2.14 bits per heavy atom. The van der Waals surface area contributed by atoms with Gasteiger partial charge in [0.05, 0.1) is 21.3 Å². The summed E-state index contributed by atoms with van der Waals surface area (Å²) in [6.07, 6.45) is 1.57. The third-order valence-electron chi connectivity index (χ3n) is 3.99. The van der Waals surface area contributed by atoms with E-state index >= 15 is 0 Å². The second kappa shape index (κ2) is 8.77. The lowest BCUT2D eigenvalue weighted by atomic mass is 10.2. The standard InChI is InChI=1S/C21H21N3O4/c1-26-17-12-16(13-18(27-2)20(17)28-3)23-19-11-14(9-10-22-19)21(25)24-15-7-5-4-6-8-15/h4-13H,1-3H3,(H,22,23)(H,24,25). The molecule has 0 saturated heterocycles. The van der Waals surface area contributed by atoms with Crippen molar-refractivity contribution in [1.29, 1.82) is 0 Å². The van der Waals surface area contributed by atoms with E-state index in [1.54, 1.807) is 51.8 Å². The predicted molar refractivity (Wildman–Crippen MR) is 108 cm³/mol. The molecule has 0 bridgehead atoms. The summed E-state index contributed by atoms with van der Waals surface area (Å²) in [4.78, 5) is 16.8. The summed E-state index contributed by atoms with van der Waals surface area (Å²) in [5.41, 5.74) is 1.89. The van der Waals surface area contributed by atoms with Crippen LogP contribution in [0.5, 0.6) is 17.2 Å². The maximum Gasteiger partial charge on any atom is 0.255 e. The van der Waals surface area contributed by atoms with E-state index in [0.29, 0.717) is 34.3 Å². The second-order valence-electron chi connectivity index (χ2n) is 5.79. The first kappa shape index (κ1) is 19.0. The molecule has 7 nitrogen and oxygen atoms in total. The van der Waals surface area contributed by atoms with Crippen LogP contribution in [-0.2, 0) is 0 Å². The highest BCUT2D eigenvalue weighted by Gasteiger charge is 2.14. The Morgan fingerprint density at radius 1 is 0.857 bits per heavy atom. The third-order valence-corrected chi connectivity index (χ3v) is 3.99. The summed E-state index contributed by atoms with van der Waals surface area (Å²) in [7, 11) is 4.64. The molecule has 1 aromatic heterocycles. The van der Waals surface area contributed by atoms with Crippen LogP contribution in [0, 0.1) is 0 Å². The summed E-state index contributed by atoms with van der Waals surface area (Å²) in [6.45, 7) is 0. The summed E-state index contributed by atoms with van der Waals surface area (Å²) < 4.78 is 16.0. The van der Waals surface area contributed by atoms with E-state index in [1.165, 1.54) is 0 Å². The van der Waals surface area contributed by atoms with Crippen molar-refractivity contribution in [2.45, 2.75) is 0 Å². The Morgan fingerprint density at radius 2 is 1.54 bits per heavy atom. The molecule has 3 rings (SSSR count). The molecule has 1 amide bonds. The number of ether oxygens (including phenoxy) is 3. The van der Waals surface area contributed by atoms with Crippen molar-refractivity contribution in [2.75, 3.05) is 32.0 Å². The molecular weight excluding hydrogens is 358 g/mol. The molecule has 1 heterocycles. The van der Waals surface area contributed by atoms with Crippen LogP contribution in [0.2, 0.25) is 0 Å². The zero-order chi connectivity index (χ0) is 19.9. The largest absolute Gasteiger partial charge is 0.493 e. The van der Waals surface area contributed by atoms with Gasteiger partial charge in [0.1, 0.15) is 5.82 Å². The van der Waals surface area contributed by atoms with E-state index in [1.807, 2.05) is 30.3 Å². The molecular formula is C21H21N3O4. The third kappa shape index (κ3) is 4.32. The number of nitrogens with one attached hydrogen (secondary N) is 2. The molecule has 0 fully saturated rings. The van der Waals surface area contributed by atoms with Gasteiger partial charge in [0, 0.05) is 35.3 Å². The van der Waals surface area contributed by atoms with Crippen molar-refractivity contribution in [3.63, 3.8) is 0 Å². The van der Waals surface area contributed by atoms with Crippen molar-refractivity contribution in [1.82, 2.24) is 4.98 Å². The van der Waals surface area contributed by atoms with Gasteiger partial charge in [-0.05, 0) is 24.3 Å². The molecule has 2 N–H and O–H groups in total. The number of pyridine rings is 1. The van der Waals surface area contributed by atoms with Gasteiger partial charge in [0.2, 0.25) is 5.75 Å². The minimum Gasteiger partial charge on any atom is -0.493 e. The van der Waals surface area contributed by atoms with Gasteiger partial charge in [0.25, 0.3) is 5.91 Å². The second-order valence-corrected chi connectivity index (χ2v) is 5.79. The number of anilines is 3. The number of rotatable bonds is 7. The lowest BCUT2D eigenvalue weighted by Crippen LogP contribution is -2.12. The first-order valence-electron chi connectivity index (χ1n) is 8.54. The molecule has 0 saturated carbocycles. The number of methoxy groups -OCH3 is 3. The minimum atomic E-state index is -0.221. The van der Waals surface area contributed by atoms with Crippen LogP contribution in [0.3, 0.4) is 0 Å². The van der Waals surface area contributed by atoms with Crippen LogP contribution >= 0.6 is 0 Å². The molecule has 144 valence electrons. The molecule has 0 radical (unpaired) electrons. The Kier molecular flexibility index (Phi) is 5.96. The lowest BCUT2D eigenvalue weighted by Gasteiger charge is -2.15. The molecule has 0 aliphatic rings. The summed E-state index contributed by atoms with van der Waals surface area (Å²) >= 11 is 0. The highest BCUT2D eigenvalue weighted by atomic mass is 16.5. The number of hydrogen-bond acceptors (Lipinski definition) is 6. The van der Waals surface area contributed by atoms with E-state index in [9.17, 15) is 4.79 Å². The average Bonchev–Trinajstić information content (AvgIpc) is 2.73. The van der Waals surface area contributed by atoms with E-state index in [2.05, 4.69) is 15.6 Å². The molecule has 2 aromatic carbocycles. The monoisotopic (exact) mass is 379 g/mol. The van der Waals surface area contributed by atoms with Crippen molar-refractivity contribution < 1.29 is 19.0 Å². The minimum absolute atomic E-state index is 0.221. The molecule has 3 aromatic rings. The quantitative estimate of drug-likeness (QED) is 0.643. The number of aromatic nitrogens is 1. The average molecular weight is 379 g/mol. The molecule has 7 heteroatoms. The van der Waals surface area contributed by atoms with Crippen molar-refractivity contribution in [2.24, 2.45) is 0 Å². The van der Waals surface area contributed by atoms with Gasteiger partial charge in [-0.2, -0.15) is 0 Å². The topological polar surface area (TPSA) is 81.7 Å². The molecule has 0 unspecified atom stereocenters. The Bertz CT molecular complexity index is 936. The Hall–Kier alpha value is -3.74. The first-order chi connectivity index (χ1) is 13.6. The lowest BCUT2D eigenvalue weighted by molar-refractivity contribution is 0.102. The predicted octanol–water partition coefficient (Wildman–Crippen LogP) is 4.10. The molecule has 28 heavy (non-hydrogen) atoms. The van der Waals surface area contributed by atoms with Gasteiger partial charge < -0.3 is 24.8 Å². The fraction of sp³-hybridized carbons (Fsp3) is 0.143. The maximum absolute atomic E-state index is 12.5. The smallest absolute Gasteiger partial charge is 0.255 e. The van der Waals surface area contributed by atoms with Gasteiger partial charge in [-0.3, -0.25) is 4.79 Å². The van der Waals surface area contributed by atoms with Crippen LogP contribution in [0.1, 0.15) is 10.4 Å². The van der Waals surface area contributed by atoms with Gasteiger partial charge >= 0.3 is 0 Å². The highest BCUT2D eigenvalue weighted by molar-refractivity contribution is 6.04. The number of carbonyl (C=O) groups is 1. The van der Waals surface area contributed by atoms with E-state index in [-0.39, 0.29) is 5.91 Å². The number of para-hydroxylation sites is 1. The maximum atomic E-state index is 12.5. The normalized spacial score (nSPS) is 10.1. The molecule has 0 aliphatic heterocycles. The zero-order valence-corrected chi connectivity index (χ0v) is 15.9. The van der Waals surface area contributed by atoms with Crippen molar-refractivity contribution in [3.05, 3.63) is 66.4 Å². The number of carbonyl (C=O) groups excluding carboxylic acids is 1. The van der Waals surface area contributed by atoms with E-state index in [0.717, 1.165) is 5.69 Å². The molecule has 0 aliphatic carbocycles. The number of amides is 1. The molecule has 0 atom stereocenters. The van der Waals surface area contributed by atoms with E-state index in [4.69, 9.17) is 14.2 Å². The van der Waals surface area contributed by atoms with Crippen LogP contribution in [-0.4, -0.2) is 32.2 Å². The highest BCUT2D eigenvalue weighted by Crippen LogP contribution is 2.40. The van der Waals surface area contributed by atoms with Crippen LogP contribution in [0.4, 0.5) is 17.2 Å². The zero-order valence-electron chi connectivity index (χ0n) is 15.9. The van der Waals surface area contributed by atoms with Gasteiger partial charge in [0.15, 0.2) is 11.5 Å². The summed E-state index contributed by atoms with van der Waals surface area (Å²) in [5.74, 6) is 1.82. The first-order valence-corrected chi connectivity index (χ1v) is 8.54. The summed E-state index contributed by atoms with van der Waals surface area (Å²) in [6, 6.07) is 16.1. The van der Waals surface area contributed by atoms with Crippen molar-refractivity contribution >= 4 is 23.1 Å². The molecule has 0 spiro atoms. The Balaban J connectivity index is 1.82. The Labute approximate surface area is 163 Å². The SMILES string of the molecule is COc1cc(Nc2cc(C(=O)Nc3ccccc3)ccn2)cc(OC)c1OC. The fourth-order valence-corrected chi connectivity index (χ4v) is 2.67. The summed E-state index contributed by atoms with van der Waals surface area (Å²) in [5, 5.41) is 6.01. The van der Waals surface area contributed by atoms with Gasteiger partial charge in [-0.25, -0.2) is 4.98 Å². The van der Waals surface area contributed by atoms with Gasteiger partial charge in [-0.1, -0.05) is 18.2 Å². The number of hydrogen-bond donors (Lipinski definition) is 2. The van der Waals surface area contributed by atoms with Crippen LogP contribution in [0.25, 0.3) is 0 Å². The van der Waals surface area contributed by atoms with E-state index < -0.39 is 0 Å². The number of nitrogens with zero attached hydrogens (tertiary/aromatic N) is 1. The van der Waals surface area contributed by atoms with Gasteiger partial charge in [-0.15, -0.1) is 0 Å². The van der Waals surface area contributed by atoms with Crippen LogP contribution < -0.4 is 24.8 Å². The fourth-order valence-electron chi connectivity index (χ4n) is 2.67. The number of benzene rings is 2. The van der Waals surface area contributed by atoms with Crippen molar-refractivity contribution in [3.8, 4) is 17.2 Å².